The molecule has 0 radical (unpaired) electrons. The van der Waals surface area contributed by atoms with Gasteiger partial charge >= 0.3 is 0 Å². The molecule has 4 fully saturated rings. The predicted octanol–water partition coefficient (Wildman–Crippen LogP) is 6.26. The number of aryl methyl sites for hydroxylation is 3. The second-order valence-corrected chi connectivity index (χ2v) is 9.37. The van der Waals surface area contributed by atoms with Crippen molar-refractivity contribution < 1.29 is 0 Å². The Morgan fingerprint density at radius 3 is 1.76 bits per heavy atom. The Morgan fingerprint density at radius 2 is 1.33 bits per heavy atom. The van der Waals surface area contributed by atoms with Crippen LogP contribution in [0.25, 0.3) is 0 Å². The van der Waals surface area contributed by atoms with Crippen molar-refractivity contribution in [3.05, 3.63) is 34.4 Å². The van der Waals surface area contributed by atoms with Gasteiger partial charge in [0, 0.05) is 4.83 Å². The van der Waals surface area contributed by atoms with Crippen LogP contribution in [0.1, 0.15) is 65.6 Å². The lowest BCUT2D eigenvalue weighted by atomic mass is 9.48. The van der Waals surface area contributed by atoms with Gasteiger partial charge in [0.05, 0.1) is 0 Å². The molecule has 0 N–H and O–H groups in total. The summed E-state index contributed by atoms with van der Waals surface area (Å²) in [6.45, 7) is 6.84. The van der Waals surface area contributed by atoms with Crippen LogP contribution in [-0.2, 0) is 0 Å². The highest BCUT2D eigenvalue weighted by atomic mass is 79.9. The fourth-order valence-electron chi connectivity index (χ4n) is 6.39. The van der Waals surface area contributed by atoms with Crippen LogP contribution >= 0.6 is 15.9 Å². The summed E-state index contributed by atoms with van der Waals surface area (Å²) in [5.41, 5.74) is 6.54. The van der Waals surface area contributed by atoms with Crippen LogP contribution in [0.5, 0.6) is 0 Å². The van der Waals surface area contributed by atoms with Crippen molar-refractivity contribution >= 4 is 15.9 Å². The van der Waals surface area contributed by atoms with Gasteiger partial charge < -0.3 is 0 Å². The Labute approximate surface area is 137 Å². The van der Waals surface area contributed by atoms with Crippen molar-refractivity contribution in [3.63, 3.8) is 0 Å². The molecule has 0 saturated heterocycles. The summed E-state index contributed by atoms with van der Waals surface area (Å²) in [6.07, 6.45) is 9.02. The fourth-order valence-corrected chi connectivity index (χ4v) is 7.67. The number of rotatable bonds is 2. The zero-order valence-corrected chi connectivity index (χ0v) is 15.2. The minimum absolute atomic E-state index is 0.555. The van der Waals surface area contributed by atoms with Crippen LogP contribution in [0, 0.1) is 43.9 Å². The van der Waals surface area contributed by atoms with Crippen LogP contribution in [0.15, 0.2) is 12.1 Å². The standard InChI is InChI=1S/C20H27Br/c1-12-4-13(2)18(14(3)5-12)19(21)20-9-15-6-16(10-20)8-17(7-15)11-20/h4-5,15-17,19H,6-11H2,1-3H3. The third-order valence-electron chi connectivity index (χ3n) is 6.61. The highest BCUT2D eigenvalue weighted by Gasteiger charge is 2.54. The van der Waals surface area contributed by atoms with Gasteiger partial charge in [0.15, 0.2) is 0 Å². The third-order valence-corrected chi connectivity index (χ3v) is 8.04. The van der Waals surface area contributed by atoms with E-state index in [1.54, 1.807) is 5.56 Å². The van der Waals surface area contributed by atoms with Crippen LogP contribution in [0.3, 0.4) is 0 Å². The Morgan fingerprint density at radius 1 is 0.905 bits per heavy atom. The number of hydrogen-bond donors (Lipinski definition) is 0. The van der Waals surface area contributed by atoms with E-state index < -0.39 is 0 Å². The predicted molar refractivity (Wildman–Crippen MR) is 92.9 cm³/mol. The minimum Gasteiger partial charge on any atom is -0.0832 e. The van der Waals surface area contributed by atoms with Gasteiger partial charge in [0.25, 0.3) is 0 Å². The zero-order valence-electron chi connectivity index (χ0n) is 13.6. The molecule has 0 amide bonds. The summed E-state index contributed by atoms with van der Waals surface area (Å²) in [6, 6.07) is 4.74. The zero-order chi connectivity index (χ0) is 14.8. The maximum absolute atomic E-state index is 4.20. The van der Waals surface area contributed by atoms with E-state index in [9.17, 15) is 0 Å². The summed E-state index contributed by atoms with van der Waals surface area (Å²) in [4.78, 5) is 0.569. The largest absolute Gasteiger partial charge is 0.0832 e. The SMILES string of the molecule is Cc1cc(C)c(C(Br)C23CC4CC(CC(C4)C2)C3)c(C)c1. The average Bonchev–Trinajstić information content (AvgIpc) is 2.35. The average molecular weight is 347 g/mol. The van der Waals surface area contributed by atoms with E-state index in [4.69, 9.17) is 0 Å². The second kappa shape index (κ2) is 4.85. The van der Waals surface area contributed by atoms with Crippen molar-refractivity contribution in [1.82, 2.24) is 0 Å². The molecule has 4 aliphatic rings. The Balaban J connectivity index is 1.73. The van der Waals surface area contributed by atoms with E-state index >= 15 is 0 Å². The lowest BCUT2D eigenvalue weighted by Crippen LogP contribution is -2.48. The Bertz CT molecular complexity index is 513. The van der Waals surface area contributed by atoms with Gasteiger partial charge in [0.1, 0.15) is 0 Å². The summed E-state index contributed by atoms with van der Waals surface area (Å²) in [5.74, 6) is 3.09. The quantitative estimate of drug-likeness (QED) is 0.554. The van der Waals surface area contributed by atoms with E-state index in [-0.39, 0.29) is 0 Å². The molecule has 1 unspecified atom stereocenters. The van der Waals surface area contributed by atoms with Crippen molar-refractivity contribution in [2.24, 2.45) is 23.2 Å². The van der Waals surface area contributed by atoms with Gasteiger partial charge in [-0.15, -0.1) is 0 Å². The second-order valence-electron chi connectivity index (χ2n) is 8.45. The number of benzene rings is 1. The van der Waals surface area contributed by atoms with Gasteiger partial charge in [0.2, 0.25) is 0 Å². The lowest BCUT2D eigenvalue weighted by molar-refractivity contribution is -0.0530. The van der Waals surface area contributed by atoms with Crippen LogP contribution in [0.2, 0.25) is 0 Å². The molecule has 0 aliphatic heterocycles. The molecule has 21 heavy (non-hydrogen) atoms. The first kappa shape index (κ1) is 14.3. The molecule has 0 heterocycles. The monoisotopic (exact) mass is 346 g/mol. The van der Waals surface area contributed by atoms with Gasteiger partial charge in [-0.3, -0.25) is 0 Å². The molecule has 114 valence electrons. The minimum atomic E-state index is 0.555. The van der Waals surface area contributed by atoms with E-state index in [0.29, 0.717) is 10.2 Å². The molecule has 1 heteroatoms. The molecular weight excluding hydrogens is 320 g/mol. The van der Waals surface area contributed by atoms with E-state index in [1.807, 2.05) is 0 Å². The fraction of sp³-hybridized carbons (Fsp3) is 0.700. The normalized spacial score (nSPS) is 38.8. The van der Waals surface area contributed by atoms with Crippen LogP contribution < -0.4 is 0 Å². The van der Waals surface area contributed by atoms with Crippen molar-refractivity contribution in [3.8, 4) is 0 Å². The van der Waals surface area contributed by atoms with E-state index in [0.717, 1.165) is 17.8 Å². The molecule has 4 saturated carbocycles. The molecule has 0 spiro atoms. The number of halogens is 1. The third kappa shape index (κ3) is 2.22. The highest BCUT2D eigenvalue weighted by Crippen LogP contribution is 2.66. The van der Waals surface area contributed by atoms with Gasteiger partial charge in [-0.2, -0.15) is 0 Å². The maximum atomic E-state index is 4.20. The first-order valence-electron chi connectivity index (χ1n) is 8.69. The molecule has 5 rings (SSSR count). The smallest absolute Gasteiger partial charge is 0.0457 e. The molecule has 1 aromatic carbocycles. The summed E-state index contributed by atoms with van der Waals surface area (Å²) in [7, 11) is 0. The summed E-state index contributed by atoms with van der Waals surface area (Å²) in [5, 5.41) is 0. The summed E-state index contributed by atoms with van der Waals surface area (Å²) < 4.78 is 0. The topological polar surface area (TPSA) is 0 Å². The number of hydrogen-bond acceptors (Lipinski definition) is 0. The first-order valence-corrected chi connectivity index (χ1v) is 9.60. The number of alkyl halides is 1. The highest BCUT2D eigenvalue weighted by molar-refractivity contribution is 9.09. The molecular formula is C20H27Br. The van der Waals surface area contributed by atoms with Crippen LogP contribution in [-0.4, -0.2) is 0 Å². The van der Waals surface area contributed by atoms with Gasteiger partial charge in [-0.05, 0) is 99.2 Å². The van der Waals surface area contributed by atoms with E-state index in [1.165, 1.54) is 55.2 Å². The molecule has 0 aromatic heterocycles. The van der Waals surface area contributed by atoms with Gasteiger partial charge in [-0.1, -0.05) is 33.6 Å². The molecule has 4 bridgehead atoms. The lowest BCUT2D eigenvalue weighted by Gasteiger charge is -2.59. The Hall–Kier alpha value is -0.300. The Kier molecular flexibility index (Phi) is 3.30. The van der Waals surface area contributed by atoms with E-state index in [2.05, 4.69) is 48.8 Å². The molecule has 1 aromatic rings. The molecule has 0 nitrogen and oxygen atoms in total. The first-order chi connectivity index (χ1) is 9.97. The van der Waals surface area contributed by atoms with Crippen LogP contribution in [0.4, 0.5) is 0 Å². The summed E-state index contributed by atoms with van der Waals surface area (Å²) >= 11 is 4.20. The molecule has 4 aliphatic carbocycles. The van der Waals surface area contributed by atoms with Crippen molar-refractivity contribution in [2.75, 3.05) is 0 Å². The molecule has 1 atom stereocenters. The maximum Gasteiger partial charge on any atom is 0.0457 e. The van der Waals surface area contributed by atoms with Crippen molar-refractivity contribution in [1.29, 1.82) is 0 Å². The van der Waals surface area contributed by atoms with Gasteiger partial charge in [-0.25, -0.2) is 0 Å². The van der Waals surface area contributed by atoms with Crippen molar-refractivity contribution in [2.45, 2.75) is 64.1 Å².